The minimum atomic E-state index is -1.02. The molecule has 0 unspecified atom stereocenters. The fraction of sp³-hybridized carbons (Fsp3) is 0.364. The van der Waals surface area contributed by atoms with Gasteiger partial charge in [-0.25, -0.2) is 9.78 Å². The summed E-state index contributed by atoms with van der Waals surface area (Å²) in [5, 5.41) is 11.5. The van der Waals surface area contributed by atoms with Crippen molar-refractivity contribution in [2.45, 2.75) is 13.3 Å². The number of amides is 1. The standard InChI is InChI=1S/C11H14N2O4S/c1-2-17-6-5-9(14)13-11-12-7-8(18-11)3-4-10(15)16/h3-4,7H,2,5-6H2,1H3,(H,15,16)(H,12,13,14). The Hall–Kier alpha value is -1.73. The van der Waals surface area contributed by atoms with E-state index in [4.69, 9.17) is 9.84 Å². The van der Waals surface area contributed by atoms with Crippen LogP contribution < -0.4 is 5.32 Å². The average Bonchev–Trinajstić information content (AvgIpc) is 2.74. The first kappa shape index (κ1) is 14.3. The Morgan fingerprint density at radius 1 is 1.61 bits per heavy atom. The number of nitrogens with zero attached hydrogens (tertiary/aromatic N) is 1. The second kappa shape index (κ2) is 7.57. The van der Waals surface area contributed by atoms with Crippen molar-refractivity contribution in [1.82, 2.24) is 4.98 Å². The Kier molecular flexibility index (Phi) is 6.03. The van der Waals surface area contributed by atoms with Gasteiger partial charge in [0.15, 0.2) is 5.13 Å². The summed E-state index contributed by atoms with van der Waals surface area (Å²) in [6.07, 6.45) is 4.22. The van der Waals surface area contributed by atoms with Gasteiger partial charge in [0, 0.05) is 23.8 Å². The van der Waals surface area contributed by atoms with Crippen LogP contribution in [0.3, 0.4) is 0 Å². The third-order valence-electron chi connectivity index (χ3n) is 1.84. The molecule has 0 aliphatic rings. The van der Waals surface area contributed by atoms with Gasteiger partial charge in [-0.1, -0.05) is 11.3 Å². The molecule has 1 amide bonds. The summed E-state index contributed by atoms with van der Waals surface area (Å²) < 4.78 is 5.06. The van der Waals surface area contributed by atoms with E-state index >= 15 is 0 Å². The molecule has 18 heavy (non-hydrogen) atoms. The van der Waals surface area contributed by atoms with Crippen LogP contribution in [0, 0.1) is 0 Å². The predicted octanol–water partition coefficient (Wildman–Crippen LogP) is 1.61. The van der Waals surface area contributed by atoms with Gasteiger partial charge in [-0.15, -0.1) is 0 Å². The van der Waals surface area contributed by atoms with Crippen LogP contribution in [-0.4, -0.2) is 35.2 Å². The van der Waals surface area contributed by atoms with E-state index in [-0.39, 0.29) is 12.3 Å². The summed E-state index contributed by atoms with van der Waals surface area (Å²) in [5.74, 6) is -1.20. The first-order valence-electron chi connectivity index (χ1n) is 5.36. The molecule has 0 saturated carbocycles. The number of aliphatic carboxylic acids is 1. The van der Waals surface area contributed by atoms with E-state index in [1.807, 2.05) is 6.92 Å². The second-order valence-corrected chi connectivity index (χ2v) is 4.30. The lowest BCUT2D eigenvalue weighted by molar-refractivity contribution is -0.131. The Balaban J connectivity index is 2.43. The van der Waals surface area contributed by atoms with E-state index in [0.29, 0.717) is 23.2 Å². The smallest absolute Gasteiger partial charge is 0.328 e. The van der Waals surface area contributed by atoms with Gasteiger partial charge < -0.3 is 15.2 Å². The lowest BCUT2D eigenvalue weighted by Crippen LogP contribution is -2.13. The molecule has 0 aliphatic carbocycles. The van der Waals surface area contributed by atoms with Crippen LogP contribution in [0.4, 0.5) is 5.13 Å². The fourth-order valence-corrected chi connectivity index (χ4v) is 1.80. The van der Waals surface area contributed by atoms with Crippen LogP contribution in [0.1, 0.15) is 18.2 Å². The third-order valence-corrected chi connectivity index (χ3v) is 2.72. The van der Waals surface area contributed by atoms with Crippen molar-refractivity contribution < 1.29 is 19.4 Å². The molecule has 98 valence electrons. The molecule has 0 aromatic carbocycles. The van der Waals surface area contributed by atoms with Crippen molar-refractivity contribution in [3.05, 3.63) is 17.2 Å². The van der Waals surface area contributed by atoms with Gasteiger partial charge >= 0.3 is 5.97 Å². The second-order valence-electron chi connectivity index (χ2n) is 3.23. The molecule has 0 spiro atoms. The first-order chi connectivity index (χ1) is 8.61. The van der Waals surface area contributed by atoms with Crippen molar-refractivity contribution >= 4 is 34.4 Å². The minimum absolute atomic E-state index is 0.174. The zero-order valence-corrected chi connectivity index (χ0v) is 10.7. The van der Waals surface area contributed by atoms with E-state index in [2.05, 4.69) is 10.3 Å². The largest absolute Gasteiger partial charge is 0.478 e. The van der Waals surface area contributed by atoms with Crippen LogP contribution in [0.5, 0.6) is 0 Å². The number of carbonyl (C=O) groups excluding carboxylic acids is 1. The summed E-state index contributed by atoms with van der Waals surface area (Å²) >= 11 is 1.21. The Bertz CT molecular complexity index is 442. The lowest BCUT2D eigenvalue weighted by atomic mass is 10.4. The number of carbonyl (C=O) groups is 2. The monoisotopic (exact) mass is 270 g/mol. The van der Waals surface area contributed by atoms with Gasteiger partial charge in [0.1, 0.15) is 0 Å². The maximum absolute atomic E-state index is 11.4. The highest BCUT2D eigenvalue weighted by molar-refractivity contribution is 7.16. The SMILES string of the molecule is CCOCCC(=O)Nc1ncc(C=CC(=O)O)s1. The van der Waals surface area contributed by atoms with E-state index in [1.54, 1.807) is 0 Å². The number of anilines is 1. The summed E-state index contributed by atoms with van der Waals surface area (Å²) in [7, 11) is 0. The number of thiazole rings is 1. The molecule has 0 atom stereocenters. The Labute approximate surface area is 108 Å². The number of rotatable bonds is 7. The summed E-state index contributed by atoms with van der Waals surface area (Å²) in [5.41, 5.74) is 0. The van der Waals surface area contributed by atoms with Crippen LogP contribution >= 0.6 is 11.3 Å². The highest BCUT2D eigenvalue weighted by Gasteiger charge is 2.05. The van der Waals surface area contributed by atoms with Crippen molar-refractivity contribution in [3.63, 3.8) is 0 Å². The van der Waals surface area contributed by atoms with Crippen LogP contribution in [-0.2, 0) is 14.3 Å². The van der Waals surface area contributed by atoms with E-state index in [9.17, 15) is 9.59 Å². The molecule has 1 aromatic heterocycles. The van der Waals surface area contributed by atoms with Gasteiger partial charge in [0.2, 0.25) is 5.91 Å². The summed E-state index contributed by atoms with van der Waals surface area (Å²) in [6, 6.07) is 0. The van der Waals surface area contributed by atoms with E-state index in [1.165, 1.54) is 23.6 Å². The number of aromatic nitrogens is 1. The van der Waals surface area contributed by atoms with Crippen LogP contribution in [0.25, 0.3) is 6.08 Å². The zero-order valence-electron chi connectivity index (χ0n) is 9.88. The van der Waals surface area contributed by atoms with Gasteiger partial charge in [-0.2, -0.15) is 0 Å². The van der Waals surface area contributed by atoms with Crippen LogP contribution in [0.15, 0.2) is 12.3 Å². The quantitative estimate of drug-likeness (QED) is 0.580. The third kappa shape index (κ3) is 5.55. The maximum atomic E-state index is 11.4. The molecule has 1 rings (SSSR count). The Morgan fingerprint density at radius 2 is 2.39 bits per heavy atom. The van der Waals surface area contributed by atoms with E-state index < -0.39 is 5.97 Å². The summed E-state index contributed by atoms with van der Waals surface area (Å²) in [6.45, 7) is 2.81. The van der Waals surface area contributed by atoms with Gasteiger partial charge in [-0.05, 0) is 13.0 Å². The maximum Gasteiger partial charge on any atom is 0.328 e. The first-order valence-corrected chi connectivity index (χ1v) is 6.18. The van der Waals surface area contributed by atoms with Gasteiger partial charge in [0.25, 0.3) is 0 Å². The molecule has 0 saturated heterocycles. The summed E-state index contributed by atoms with van der Waals surface area (Å²) in [4.78, 5) is 26.4. The molecule has 2 N–H and O–H groups in total. The number of hydrogen-bond donors (Lipinski definition) is 2. The van der Waals surface area contributed by atoms with Gasteiger partial charge in [-0.3, -0.25) is 4.79 Å². The molecule has 0 radical (unpaired) electrons. The van der Waals surface area contributed by atoms with E-state index in [0.717, 1.165) is 6.08 Å². The Morgan fingerprint density at radius 3 is 3.06 bits per heavy atom. The molecule has 1 heterocycles. The zero-order chi connectivity index (χ0) is 13.4. The highest BCUT2D eigenvalue weighted by atomic mass is 32.1. The number of hydrogen-bond acceptors (Lipinski definition) is 5. The van der Waals surface area contributed by atoms with Crippen molar-refractivity contribution in [2.75, 3.05) is 18.5 Å². The molecular weight excluding hydrogens is 256 g/mol. The van der Waals surface area contributed by atoms with Crippen LogP contribution in [0.2, 0.25) is 0 Å². The molecule has 0 fully saturated rings. The molecule has 0 aliphatic heterocycles. The number of ether oxygens (including phenoxy) is 1. The predicted molar refractivity (Wildman–Crippen MR) is 68.5 cm³/mol. The molecule has 7 heteroatoms. The minimum Gasteiger partial charge on any atom is -0.478 e. The van der Waals surface area contributed by atoms with Crippen molar-refractivity contribution in [2.24, 2.45) is 0 Å². The average molecular weight is 270 g/mol. The molecule has 0 bridgehead atoms. The number of carboxylic acids is 1. The van der Waals surface area contributed by atoms with Crippen molar-refractivity contribution in [1.29, 1.82) is 0 Å². The number of carboxylic acid groups (broad SMARTS) is 1. The highest BCUT2D eigenvalue weighted by Crippen LogP contribution is 2.19. The fourth-order valence-electron chi connectivity index (χ4n) is 1.07. The molecular formula is C11H14N2O4S. The van der Waals surface area contributed by atoms with Crippen molar-refractivity contribution in [3.8, 4) is 0 Å². The normalized spacial score (nSPS) is 10.7. The number of nitrogens with one attached hydrogen (secondary N) is 1. The van der Waals surface area contributed by atoms with Gasteiger partial charge in [0.05, 0.1) is 13.0 Å². The topological polar surface area (TPSA) is 88.5 Å². The molecule has 1 aromatic rings. The molecule has 6 nitrogen and oxygen atoms in total. The lowest BCUT2D eigenvalue weighted by Gasteiger charge is -2.01.